The highest BCUT2D eigenvalue weighted by Crippen LogP contribution is 2.20. The molecule has 0 aromatic carbocycles. The first-order valence-corrected chi connectivity index (χ1v) is 4.97. The number of carbonyl (C=O) groups excluding carboxylic acids is 1. The molecule has 0 bridgehead atoms. The molecule has 0 radical (unpaired) electrons. The SMILES string of the molecule is CC(=O)Oc1ccc(Br)nc1I. The summed E-state index contributed by atoms with van der Waals surface area (Å²) in [6.45, 7) is 1.36. The van der Waals surface area contributed by atoms with Crippen molar-refractivity contribution in [3.63, 3.8) is 0 Å². The van der Waals surface area contributed by atoms with Crippen molar-refractivity contribution >= 4 is 44.5 Å². The van der Waals surface area contributed by atoms with Crippen LogP contribution >= 0.6 is 38.5 Å². The van der Waals surface area contributed by atoms with Crippen molar-refractivity contribution < 1.29 is 9.53 Å². The van der Waals surface area contributed by atoms with Crippen molar-refractivity contribution in [1.82, 2.24) is 4.98 Å². The van der Waals surface area contributed by atoms with Crippen LogP contribution in [0.2, 0.25) is 0 Å². The second kappa shape index (κ2) is 4.18. The Kier molecular flexibility index (Phi) is 3.45. The number of carbonyl (C=O) groups is 1. The van der Waals surface area contributed by atoms with E-state index in [9.17, 15) is 4.79 Å². The van der Waals surface area contributed by atoms with E-state index in [0.29, 0.717) is 9.45 Å². The molecule has 0 aliphatic heterocycles. The zero-order valence-corrected chi connectivity index (χ0v) is 9.92. The highest BCUT2D eigenvalue weighted by Gasteiger charge is 2.04. The largest absolute Gasteiger partial charge is 0.424 e. The Labute approximate surface area is 91.8 Å². The molecule has 0 atom stereocenters. The van der Waals surface area contributed by atoms with Gasteiger partial charge in [-0.2, -0.15) is 0 Å². The fourth-order valence-electron chi connectivity index (χ4n) is 0.630. The van der Waals surface area contributed by atoms with Crippen LogP contribution in [0.25, 0.3) is 0 Å². The fraction of sp³-hybridized carbons (Fsp3) is 0.143. The number of pyridine rings is 1. The van der Waals surface area contributed by atoms with Gasteiger partial charge in [-0.15, -0.1) is 0 Å². The summed E-state index contributed by atoms with van der Waals surface area (Å²) in [4.78, 5) is 14.6. The van der Waals surface area contributed by atoms with Gasteiger partial charge in [0.05, 0.1) is 0 Å². The van der Waals surface area contributed by atoms with Crippen LogP contribution in [0.4, 0.5) is 0 Å². The van der Waals surface area contributed by atoms with Crippen LogP contribution in [0.15, 0.2) is 16.7 Å². The minimum absolute atomic E-state index is 0.336. The second-order valence-electron chi connectivity index (χ2n) is 2.02. The highest BCUT2D eigenvalue weighted by molar-refractivity contribution is 14.1. The summed E-state index contributed by atoms with van der Waals surface area (Å²) < 4.78 is 6.26. The van der Waals surface area contributed by atoms with Crippen LogP contribution in [0, 0.1) is 3.70 Å². The molecule has 1 aromatic heterocycles. The number of halogens is 2. The van der Waals surface area contributed by atoms with Crippen LogP contribution in [0.3, 0.4) is 0 Å². The van der Waals surface area contributed by atoms with Crippen LogP contribution in [-0.4, -0.2) is 11.0 Å². The summed E-state index contributed by atoms with van der Waals surface area (Å²) >= 11 is 5.21. The van der Waals surface area contributed by atoms with Crippen molar-refractivity contribution in [2.24, 2.45) is 0 Å². The minimum Gasteiger partial charge on any atom is -0.424 e. The molecule has 5 heteroatoms. The second-order valence-corrected chi connectivity index (χ2v) is 3.85. The summed E-state index contributed by atoms with van der Waals surface area (Å²) in [7, 11) is 0. The number of aromatic nitrogens is 1. The lowest BCUT2D eigenvalue weighted by Gasteiger charge is -2.02. The monoisotopic (exact) mass is 341 g/mol. The van der Waals surface area contributed by atoms with Crippen LogP contribution in [0.5, 0.6) is 5.75 Å². The number of hydrogen-bond acceptors (Lipinski definition) is 3. The van der Waals surface area contributed by atoms with Gasteiger partial charge >= 0.3 is 5.97 Å². The van der Waals surface area contributed by atoms with E-state index in [-0.39, 0.29) is 5.97 Å². The lowest BCUT2D eigenvalue weighted by molar-refractivity contribution is -0.131. The maximum atomic E-state index is 10.6. The van der Waals surface area contributed by atoms with Gasteiger partial charge in [0.15, 0.2) is 5.75 Å². The van der Waals surface area contributed by atoms with Crippen molar-refractivity contribution in [1.29, 1.82) is 0 Å². The smallest absolute Gasteiger partial charge is 0.308 e. The maximum Gasteiger partial charge on any atom is 0.308 e. The molecular weight excluding hydrogens is 337 g/mol. The van der Waals surface area contributed by atoms with Crippen molar-refractivity contribution in [2.45, 2.75) is 6.92 Å². The van der Waals surface area contributed by atoms with Gasteiger partial charge in [-0.25, -0.2) is 4.98 Å². The predicted molar refractivity (Wildman–Crippen MR) is 56.0 cm³/mol. The number of hydrogen-bond donors (Lipinski definition) is 0. The lowest BCUT2D eigenvalue weighted by atomic mass is 10.5. The molecule has 1 aromatic rings. The van der Waals surface area contributed by atoms with Gasteiger partial charge in [-0.1, -0.05) is 0 Å². The molecule has 0 saturated heterocycles. The van der Waals surface area contributed by atoms with Gasteiger partial charge in [0.25, 0.3) is 0 Å². The quantitative estimate of drug-likeness (QED) is 0.447. The highest BCUT2D eigenvalue weighted by atomic mass is 127. The number of nitrogens with zero attached hydrogens (tertiary/aromatic N) is 1. The molecule has 64 valence electrons. The molecule has 1 rings (SSSR count). The van der Waals surface area contributed by atoms with E-state index in [1.165, 1.54) is 6.92 Å². The van der Waals surface area contributed by atoms with Gasteiger partial charge in [-0.05, 0) is 50.7 Å². The standard InChI is InChI=1S/C7H5BrINO2/c1-4(11)12-5-2-3-6(8)10-7(5)9/h2-3H,1H3. The molecule has 0 aliphatic rings. The van der Waals surface area contributed by atoms with E-state index in [0.717, 1.165) is 4.60 Å². The average molecular weight is 342 g/mol. The van der Waals surface area contributed by atoms with Crippen molar-refractivity contribution in [2.75, 3.05) is 0 Å². The minimum atomic E-state index is -0.336. The molecule has 0 saturated carbocycles. The van der Waals surface area contributed by atoms with Crippen LogP contribution in [0.1, 0.15) is 6.92 Å². The van der Waals surface area contributed by atoms with Crippen LogP contribution < -0.4 is 4.74 Å². The van der Waals surface area contributed by atoms with Gasteiger partial charge < -0.3 is 4.74 Å². The Morgan fingerprint density at radius 1 is 1.67 bits per heavy atom. The Morgan fingerprint density at radius 2 is 2.33 bits per heavy atom. The van der Waals surface area contributed by atoms with Gasteiger partial charge in [0.1, 0.15) is 8.30 Å². The van der Waals surface area contributed by atoms with Crippen LogP contribution in [-0.2, 0) is 4.79 Å². The molecule has 1 heterocycles. The third-order valence-electron chi connectivity index (χ3n) is 1.03. The molecule has 12 heavy (non-hydrogen) atoms. The summed E-state index contributed by atoms with van der Waals surface area (Å²) in [5, 5.41) is 0. The van der Waals surface area contributed by atoms with E-state index >= 15 is 0 Å². The van der Waals surface area contributed by atoms with Gasteiger partial charge in [0.2, 0.25) is 0 Å². The summed E-state index contributed by atoms with van der Waals surface area (Å²) in [5.41, 5.74) is 0. The van der Waals surface area contributed by atoms with Gasteiger partial charge in [0, 0.05) is 6.92 Å². The normalized spacial score (nSPS) is 9.58. The molecule has 0 spiro atoms. The zero-order chi connectivity index (χ0) is 9.14. The first kappa shape index (κ1) is 9.91. The van der Waals surface area contributed by atoms with E-state index < -0.39 is 0 Å². The van der Waals surface area contributed by atoms with E-state index in [1.807, 2.05) is 22.6 Å². The van der Waals surface area contributed by atoms with E-state index in [1.54, 1.807) is 12.1 Å². The van der Waals surface area contributed by atoms with Gasteiger partial charge in [-0.3, -0.25) is 4.79 Å². The molecule has 0 aliphatic carbocycles. The summed E-state index contributed by atoms with van der Waals surface area (Å²) in [6.07, 6.45) is 0. The average Bonchev–Trinajstić information content (AvgIpc) is 1.94. The number of rotatable bonds is 1. The number of esters is 1. The molecule has 0 N–H and O–H groups in total. The van der Waals surface area contributed by atoms with E-state index in [2.05, 4.69) is 20.9 Å². The summed E-state index contributed by atoms with van der Waals surface area (Å²) in [6, 6.07) is 3.42. The molecule has 0 unspecified atom stereocenters. The molecule has 0 amide bonds. The molecular formula is C7H5BrINO2. The lowest BCUT2D eigenvalue weighted by Crippen LogP contribution is -2.03. The van der Waals surface area contributed by atoms with E-state index in [4.69, 9.17) is 4.74 Å². The fourth-order valence-corrected chi connectivity index (χ4v) is 1.82. The third-order valence-corrected chi connectivity index (χ3v) is 2.25. The Balaban J connectivity index is 2.93. The Morgan fingerprint density at radius 3 is 2.83 bits per heavy atom. The van der Waals surface area contributed by atoms with Crippen molar-refractivity contribution in [3.05, 3.63) is 20.4 Å². The maximum absolute atomic E-state index is 10.6. The summed E-state index contributed by atoms with van der Waals surface area (Å²) in [5.74, 6) is 0.156. The number of ether oxygens (including phenoxy) is 1. The predicted octanol–water partition coefficient (Wildman–Crippen LogP) is 2.37. The third kappa shape index (κ3) is 2.71. The van der Waals surface area contributed by atoms with Crippen molar-refractivity contribution in [3.8, 4) is 5.75 Å². The topological polar surface area (TPSA) is 39.2 Å². The first-order chi connectivity index (χ1) is 5.59. The Bertz CT molecular complexity index is 316. The zero-order valence-electron chi connectivity index (χ0n) is 6.17. The molecule has 0 fully saturated rings. The Hall–Kier alpha value is -0.170. The first-order valence-electron chi connectivity index (χ1n) is 3.10. The molecule has 3 nitrogen and oxygen atoms in total.